The minimum absolute atomic E-state index is 0.00220. The van der Waals surface area contributed by atoms with E-state index in [9.17, 15) is 4.79 Å². The molecule has 0 bridgehead atoms. The van der Waals surface area contributed by atoms with Crippen LogP contribution in [-0.2, 0) is 6.54 Å². The van der Waals surface area contributed by atoms with Crippen molar-refractivity contribution in [2.24, 2.45) is 0 Å². The highest BCUT2D eigenvalue weighted by atomic mass is 32.2. The van der Waals surface area contributed by atoms with Crippen LogP contribution in [0.25, 0.3) is 10.9 Å². The Kier molecular flexibility index (Phi) is 3.50. The molecule has 2 rings (SSSR count). The highest BCUT2D eigenvalue weighted by Gasteiger charge is 2.08. The molecular formula is C13H12N2OS. The van der Waals surface area contributed by atoms with E-state index in [0.717, 1.165) is 5.52 Å². The summed E-state index contributed by atoms with van der Waals surface area (Å²) >= 11 is 1.42. The van der Waals surface area contributed by atoms with Gasteiger partial charge in [0.2, 0.25) is 0 Å². The van der Waals surface area contributed by atoms with E-state index in [1.54, 1.807) is 10.6 Å². The highest BCUT2D eigenvalue weighted by Crippen LogP contribution is 2.16. The Labute approximate surface area is 104 Å². The van der Waals surface area contributed by atoms with Gasteiger partial charge >= 0.3 is 0 Å². The van der Waals surface area contributed by atoms with Crippen LogP contribution in [0.5, 0.6) is 0 Å². The summed E-state index contributed by atoms with van der Waals surface area (Å²) < 4.78 is 1.66. The lowest BCUT2D eigenvalue weighted by molar-refractivity contribution is 0.635. The number of hydrogen-bond acceptors (Lipinski definition) is 3. The number of terminal acetylenes is 1. The largest absolute Gasteiger partial charge is 0.287 e. The summed E-state index contributed by atoms with van der Waals surface area (Å²) in [6, 6.07) is 7.36. The van der Waals surface area contributed by atoms with Gasteiger partial charge in [0.1, 0.15) is 0 Å². The van der Waals surface area contributed by atoms with Gasteiger partial charge in [0.05, 0.1) is 16.7 Å². The van der Waals surface area contributed by atoms with Gasteiger partial charge in [0.15, 0.2) is 5.16 Å². The molecule has 1 heterocycles. The lowest BCUT2D eigenvalue weighted by Gasteiger charge is -2.09. The van der Waals surface area contributed by atoms with Crippen molar-refractivity contribution >= 4 is 22.7 Å². The van der Waals surface area contributed by atoms with Gasteiger partial charge in [-0.3, -0.25) is 9.36 Å². The summed E-state index contributed by atoms with van der Waals surface area (Å²) in [5.41, 5.74) is 0.722. The molecular weight excluding hydrogens is 232 g/mol. The topological polar surface area (TPSA) is 34.9 Å². The third kappa shape index (κ3) is 2.20. The Morgan fingerprint density at radius 3 is 2.94 bits per heavy atom. The Balaban J connectivity index is 2.67. The molecule has 1 aromatic carbocycles. The minimum atomic E-state index is -0.00220. The predicted octanol–water partition coefficient (Wildman–Crippen LogP) is 2.14. The van der Waals surface area contributed by atoms with E-state index in [0.29, 0.717) is 22.8 Å². The molecule has 0 unspecified atom stereocenters. The highest BCUT2D eigenvalue weighted by molar-refractivity contribution is 7.99. The number of thioether (sulfide) groups is 1. The van der Waals surface area contributed by atoms with Crippen molar-refractivity contribution in [1.82, 2.24) is 9.55 Å². The maximum atomic E-state index is 12.2. The molecule has 0 fully saturated rings. The van der Waals surface area contributed by atoms with Gasteiger partial charge in [-0.05, 0) is 19.1 Å². The molecule has 2 aromatic rings. The Bertz CT molecular complexity index is 640. The van der Waals surface area contributed by atoms with Crippen molar-refractivity contribution in [1.29, 1.82) is 0 Å². The summed E-state index contributed by atoms with van der Waals surface area (Å²) in [5, 5.41) is 1.34. The molecule has 86 valence electrons. The summed E-state index contributed by atoms with van der Waals surface area (Å²) in [6.07, 6.45) is 5.23. The quantitative estimate of drug-likeness (QED) is 0.471. The average Bonchev–Trinajstić information content (AvgIpc) is 2.36. The van der Waals surface area contributed by atoms with Crippen LogP contribution in [0, 0.1) is 12.3 Å². The number of hydrogen-bond donors (Lipinski definition) is 0. The van der Waals surface area contributed by atoms with Crippen LogP contribution in [-0.4, -0.2) is 15.3 Å². The summed E-state index contributed by atoms with van der Waals surface area (Å²) in [6.45, 7) is 2.53. The Hall–Kier alpha value is -1.73. The Morgan fingerprint density at radius 2 is 2.24 bits per heavy atom. The summed E-state index contributed by atoms with van der Waals surface area (Å²) in [4.78, 5) is 16.7. The van der Waals surface area contributed by atoms with Gasteiger partial charge in [0.25, 0.3) is 5.56 Å². The molecule has 1 aromatic heterocycles. The predicted molar refractivity (Wildman–Crippen MR) is 71.2 cm³/mol. The maximum absolute atomic E-state index is 12.2. The number of nitrogens with zero attached hydrogens (tertiary/aromatic N) is 2. The molecule has 0 aliphatic carbocycles. The molecule has 0 amide bonds. The van der Waals surface area contributed by atoms with Crippen LogP contribution in [0.15, 0.2) is 34.2 Å². The van der Waals surface area contributed by atoms with Crippen LogP contribution >= 0.6 is 11.8 Å². The summed E-state index contributed by atoms with van der Waals surface area (Å²) in [5.74, 6) is 3.06. The van der Waals surface area contributed by atoms with E-state index in [-0.39, 0.29) is 5.56 Å². The third-order valence-electron chi connectivity index (χ3n) is 2.43. The number of rotatable bonds is 3. The zero-order valence-electron chi connectivity index (χ0n) is 9.51. The fourth-order valence-electron chi connectivity index (χ4n) is 1.64. The second-order valence-electron chi connectivity index (χ2n) is 3.45. The van der Waals surface area contributed by atoms with E-state index in [2.05, 4.69) is 10.9 Å². The first-order valence-electron chi connectivity index (χ1n) is 5.33. The number of benzene rings is 1. The molecule has 17 heavy (non-hydrogen) atoms. The first-order chi connectivity index (χ1) is 8.27. The fourth-order valence-corrected chi connectivity index (χ4v) is 2.39. The molecule has 0 radical (unpaired) electrons. The van der Waals surface area contributed by atoms with E-state index in [1.807, 2.05) is 25.1 Å². The van der Waals surface area contributed by atoms with Gasteiger partial charge in [0, 0.05) is 6.54 Å². The van der Waals surface area contributed by atoms with Crippen LogP contribution in [0.4, 0.5) is 0 Å². The average molecular weight is 244 g/mol. The molecule has 0 atom stereocenters. The van der Waals surface area contributed by atoms with Crippen LogP contribution in [0.2, 0.25) is 0 Å². The minimum Gasteiger partial charge on any atom is -0.287 e. The molecule has 0 spiro atoms. The first kappa shape index (κ1) is 11.7. The zero-order valence-corrected chi connectivity index (χ0v) is 10.3. The van der Waals surface area contributed by atoms with E-state index in [1.165, 1.54) is 11.8 Å². The van der Waals surface area contributed by atoms with Crippen molar-refractivity contribution in [2.75, 3.05) is 5.75 Å². The van der Waals surface area contributed by atoms with E-state index < -0.39 is 0 Å². The van der Waals surface area contributed by atoms with Crippen molar-refractivity contribution in [3.05, 3.63) is 34.6 Å². The molecule has 0 saturated heterocycles. The monoisotopic (exact) mass is 244 g/mol. The van der Waals surface area contributed by atoms with Crippen LogP contribution in [0.3, 0.4) is 0 Å². The molecule has 0 saturated carbocycles. The van der Waals surface area contributed by atoms with E-state index >= 15 is 0 Å². The van der Waals surface area contributed by atoms with Crippen molar-refractivity contribution in [3.8, 4) is 12.3 Å². The van der Waals surface area contributed by atoms with Gasteiger partial charge in [-0.1, -0.05) is 29.8 Å². The zero-order chi connectivity index (χ0) is 12.3. The third-order valence-corrected chi connectivity index (χ3v) is 3.31. The standard InChI is InChI=1S/C13H12N2OS/c1-3-9-17-13-14-11-8-6-5-7-10(11)12(16)15(13)4-2/h1,5-8H,4,9H2,2H3. The molecule has 0 aliphatic heterocycles. The number of para-hydroxylation sites is 1. The maximum Gasteiger partial charge on any atom is 0.262 e. The first-order valence-corrected chi connectivity index (χ1v) is 6.32. The van der Waals surface area contributed by atoms with Crippen LogP contribution < -0.4 is 5.56 Å². The summed E-state index contributed by atoms with van der Waals surface area (Å²) in [7, 11) is 0. The van der Waals surface area contributed by atoms with Crippen molar-refractivity contribution in [2.45, 2.75) is 18.6 Å². The van der Waals surface area contributed by atoms with Crippen molar-refractivity contribution in [3.63, 3.8) is 0 Å². The second kappa shape index (κ2) is 5.07. The van der Waals surface area contributed by atoms with Gasteiger partial charge in [-0.25, -0.2) is 4.98 Å². The lowest BCUT2D eigenvalue weighted by atomic mass is 10.2. The van der Waals surface area contributed by atoms with Crippen LogP contribution in [0.1, 0.15) is 6.92 Å². The number of fused-ring (bicyclic) bond motifs is 1. The van der Waals surface area contributed by atoms with Crippen molar-refractivity contribution < 1.29 is 0 Å². The lowest BCUT2D eigenvalue weighted by Crippen LogP contribution is -2.22. The van der Waals surface area contributed by atoms with Gasteiger partial charge in [-0.15, -0.1) is 6.42 Å². The molecule has 0 aliphatic rings. The normalized spacial score (nSPS) is 10.4. The molecule has 3 nitrogen and oxygen atoms in total. The fraction of sp³-hybridized carbons (Fsp3) is 0.231. The molecule has 4 heteroatoms. The number of aromatic nitrogens is 2. The smallest absolute Gasteiger partial charge is 0.262 e. The SMILES string of the molecule is C#CCSc1nc2ccccc2c(=O)n1CC. The van der Waals surface area contributed by atoms with E-state index in [4.69, 9.17) is 6.42 Å². The van der Waals surface area contributed by atoms with Gasteiger partial charge in [-0.2, -0.15) is 0 Å². The molecule has 0 N–H and O–H groups in total. The van der Waals surface area contributed by atoms with Gasteiger partial charge < -0.3 is 0 Å². The Morgan fingerprint density at radius 1 is 1.47 bits per heavy atom. The second-order valence-corrected chi connectivity index (χ2v) is 4.40.